The maximum absolute atomic E-state index is 13.5. The molecule has 0 aliphatic carbocycles. The first kappa shape index (κ1) is 30.8. The largest absolute Gasteiger partial charge is 0.497 e. The van der Waals surface area contributed by atoms with Crippen molar-refractivity contribution in [3.05, 3.63) is 72.3 Å². The highest BCUT2D eigenvalue weighted by Gasteiger charge is 2.32. The summed E-state index contributed by atoms with van der Waals surface area (Å²) in [5, 5.41) is 2.87. The number of piperidine rings is 1. The van der Waals surface area contributed by atoms with Gasteiger partial charge in [0.05, 0.1) is 28.3 Å². The molecule has 0 saturated carbocycles. The average molecular weight is 627 g/mol. The Bertz CT molecular complexity index is 1680. The number of anilines is 3. The van der Waals surface area contributed by atoms with Gasteiger partial charge in [0.25, 0.3) is 15.9 Å². The Morgan fingerprint density at radius 3 is 2.19 bits per heavy atom. The number of nitrogens with zero attached hydrogens (tertiary/aromatic N) is 2. The third-order valence-electron chi connectivity index (χ3n) is 7.88. The fourth-order valence-electron chi connectivity index (χ4n) is 5.83. The number of carbonyl (C=O) groups is 1. The van der Waals surface area contributed by atoms with Crippen LogP contribution in [0.3, 0.4) is 0 Å². The normalized spacial score (nSPS) is 19.7. The Hall–Kier alpha value is -3.61. The zero-order valence-electron chi connectivity index (χ0n) is 24.6. The first-order valence-electron chi connectivity index (χ1n) is 14.4. The van der Waals surface area contributed by atoms with Crippen molar-refractivity contribution in [3.8, 4) is 5.75 Å². The minimum atomic E-state index is -3.99. The topological polar surface area (TPSA) is 125 Å². The lowest BCUT2D eigenvalue weighted by Gasteiger charge is -2.34. The predicted octanol–water partition coefficient (Wildman–Crippen LogP) is 5.02. The molecular weight excluding hydrogens is 588 g/mol. The Balaban J connectivity index is 1.42. The lowest BCUT2D eigenvalue weighted by atomic mass is 9.94. The van der Waals surface area contributed by atoms with Gasteiger partial charge in [-0.3, -0.25) is 9.52 Å². The number of hydrogen-bond donors (Lipinski definition) is 2. The van der Waals surface area contributed by atoms with Crippen LogP contribution in [-0.4, -0.2) is 60.3 Å². The van der Waals surface area contributed by atoms with Crippen LogP contribution in [-0.2, 0) is 20.0 Å². The van der Waals surface area contributed by atoms with Crippen LogP contribution in [0.25, 0.3) is 0 Å². The molecule has 43 heavy (non-hydrogen) atoms. The van der Waals surface area contributed by atoms with Crippen molar-refractivity contribution >= 4 is 43.0 Å². The van der Waals surface area contributed by atoms with Gasteiger partial charge in [-0.1, -0.05) is 19.9 Å². The zero-order valence-corrected chi connectivity index (χ0v) is 26.2. The second-order valence-electron chi connectivity index (χ2n) is 11.5. The van der Waals surface area contributed by atoms with Gasteiger partial charge in [-0.2, -0.15) is 4.31 Å². The van der Waals surface area contributed by atoms with Gasteiger partial charge in [0.1, 0.15) is 5.75 Å². The number of methoxy groups -OCH3 is 1. The summed E-state index contributed by atoms with van der Waals surface area (Å²) in [6.45, 7) is 6.52. The van der Waals surface area contributed by atoms with Crippen LogP contribution in [0.5, 0.6) is 5.75 Å². The Morgan fingerprint density at radius 2 is 1.53 bits per heavy atom. The molecule has 2 aliphatic rings. The summed E-state index contributed by atoms with van der Waals surface area (Å²) in [7, 11) is -6.25. The van der Waals surface area contributed by atoms with Crippen molar-refractivity contribution < 1.29 is 26.4 Å². The van der Waals surface area contributed by atoms with Crippen LogP contribution < -0.4 is 19.7 Å². The van der Waals surface area contributed by atoms with Crippen LogP contribution in [0.2, 0.25) is 0 Å². The smallest absolute Gasteiger partial charge is 0.261 e. The van der Waals surface area contributed by atoms with E-state index in [4.69, 9.17) is 4.74 Å². The van der Waals surface area contributed by atoms with Gasteiger partial charge < -0.3 is 15.0 Å². The van der Waals surface area contributed by atoms with Crippen molar-refractivity contribution in [2.45, 2.75) is 42.9 Å². The lowest BCUT2D eigenvalue weighted by Crippen LogP contribution is -2.42. The minimum Gasteiger partial charge on any atom is -0.497 e. The van der Waals surface area contributed by atoms with Gasteiger partial charge in [0.15, 0.2) is 0 Å². The number of carbonyl (C=O) groups excluding carboxylic acids is 1. The Labute approximate surface area is 254 Å². The average Bonchev–Trinajstić information content (AvgIpc) is 3.52. The molecule has 2 atom stereocenters. The van der Waals surface area contributed by atoms with Crippen LogP contribution in [0, 0.1) is 11.8 Å². The molecule has 2 N–H and O–H groups in total. The van der Waals surface area contributed by atoms with E-state index in [2.05, 4.69) is 14.9 Å². The second-order valence-corrected chi connectivity index (χ2v) is 15.1. The molecule has 0 radical (unpaired) electrons. The van der Waals surface area contributed by atoms with E-state index in [-0.39, 0.29) is 27.2 Å². The van der Waals surface area contributed by atoms with Gasteiger partial charge in [-0.05, 0) is 91.8 Å². The summed E-state index contributed by atoms with van der Waals surface area (Å²) >= 11 is 0. The second kappa shape index (κ2) is 12.6. The molecule has 10 nitrogen and oxygen atoms in total. The molecule has 230 valence electrons. The maximum atomic E-state index is 13.5. The minimum absolute atomic E-state index is 0.0220. The summed E-state index contributed by atoms with van der Waals surface area (Å²) in [6.07, 6.45) is 2.94. The molecule has 2 fully saturated rings. The quantitative estimate of drug-likeness (QED) is 0.342. The highest BCUT2D eigenvalue weighted by Crippen LogP contribution is 2.33. The van der Waals surface area contributed by atoms with Gasteiger partial charge in [-0.25, -0.2) is 16.8 Å². The number of nitrogens with one attached hydrogen (secondary N) is 2. The number of amides is 1. The summed E-state index contributed by atoms with van der Waals surface area (Å²) in [5.41, 5.74) is 1.56. The number of rotatable bonds is 9. The van der Waals surface area contributed by atoms with Crippen molar-refractivity contribution in [1.82, 2.24) is 4.31 Å². The van der Waals surface area contributed by atoms with Crippen LogP contribution in [0.4, 0.5) is 17.1 Å². The van der Waals surface area contributed by atoms with E-state index in [1.165, 1.54) is 35.7 Å². The highest BCUT2D eigenvalue weighted by atomic mass is 32.2. The molecule has 2 aliphatic heterocycles. The molecule has 12 heteroatoms. The summed E-state index contributed by atoms with van der Waals surface area (Å²) in [5.74, 6) is 0.559. The van der Waals surface area contributed by atoms with Crippen molar-refractivity contribution in [1.29, 1.82) is 0 Å². The number of ether oxygens (including phenoxy) is 1. The highest BCUT2D eigenvalue weighted by molar-refractivity contribution is 7.92. The fraction of sp³-hybridized carbons (Fsp3) is 0.387. The van der Waals surface area contributed by atoms with E-state index in [0.717, 1.165) is 32.4 Å². The summed E-state index contributed by atoms with van der Waals surface area (Å²) in [4.78, 5) is 15.7. The summed E-state index contributed by atoms with van der Waals surface area (Å²) in [6, 6.07) is 17.2. The van der Waals surface area contributed by atoms with E-state index < -0.39 is 26.0 Å². The van der Waals surface area contributed by atoms with Gasteiger partial charge in [0.2, 0.25) is 10.0 Å². The molecule has 1 amide bonds. The molecule has 0 aromatic heterocycles. The van der Waals surface area contributed by atoms with Crippen LogP contribution in [0.1, 0.15) is 43.5 Å². The Morgan fingerprint density at radius 1 is 0.860 bits per heavy atom. The number of sulfonamides is 2. The fourth-order valence-corrected chi connectivity index (χ4v) is 8.64. The predicted molar refractivity (Wildman–Crippen MR) is 168 cm³/mol. The standard InChI is InChI=1S/C31H38N4O6S2/c1-22-17-23(2)21-35(20-22)43(39,40)28-8-6-7-24(18-28)31(36)32-29-19-27(13-14-30(29)34-15-4-5-16-34)42(37,38)33-25-9-11-26(41-3)12-10-25/h6-14,18-19,22-23,33H,4-5,15-17,20-21H2,1-3H3,(H,32,36)/t22-,23+. The van der Waals surface area contributed by atoms with Crippen molar-refractivity contribution in [3.63, 3.8) is 0 Å². The molecule has 2 heterocycles. The lowest BCUT2D eigenvalue weighted by molar-refractivity contribution is 0.102. The van der Waals surface area contributed by atoms with E-state index in [0.29, 0.717) is 35.9 Å². The first-order valence-corrected chi connectivity index (χ1v) is 17.4. The van der Waals surface area contributed by atoms with E-state index >= 15 is 0 Å². The number of hydrogen-bond acceptors (Lipinski definition) is 7. The van der Waals surface area contributed by atoms with Crippen molar-refractivity contribution in [2.24, 2.45) is 11.8 Å². The van der Waals surface area contributed by atoms with Crippen molar-refractivity contribution in [2.75, 3.05) is 48.2 Å². The number of benzene rings is 3. The van der Waals surface area contributed by atoms with Gasteiger partial charge in [-0.15, -0.1) is 0 Å². The van der Waals surface area contributed by atoms with Gasteiger partial charge in [0, 0.05) is 37.4 Å². The molecule has 3 aromatic rings. The molecule has 0 unspecified atom stereocenters. The van der Waals surface area contributed by atoms with E-state index in [1.807, 2.05) is 13.8 Å². The van der Waals surface area contributed by atoms with Gasteiger partial charge >= 0.3 is 0 Å². The summed E-state index contributed by atoms with van der Waals surface area (Å²) < 4.78 is 62.8. The molecule has 0 spiro atoms. The third-order valence-corrected chi connectivity index (χ3v) is 11.1. The Kier molecular flexibility index (Phi) is 9.00. The molecule has 3 aromatic carbocycles. The maximum Gasteiger partial charge on any atom is 0.261 e. The molecule has 0 bridgehead atoms. The van der Waals surface area contributed by atoms with E-state index in [1.54, 1.807) is 42.5 Å². The SMILES string of the molecule is COc1ccc(NS(=O)(=O)c2ccc(N3CCCC3)c(NC(=O)c3cccc(S(=O)(=O)N4C[C@H](C)C[C@H](C)C4)c3)c2)cc1. The monoisotopic (exact) mass is 626 g/mol. The first-order chi connectivity index (χ1) is 20.5. The van der Waals surface area contributed by atoms with E-state index in [9.17, 15) is 21.6 Å². The zero-order chi connectivity index (χ0) is 30.8. The van der Waals surface area contributed by atoms with Crippen LogP contribution in [0.15, 0.2) is 76.5 Å². The van der Waals surface area contributed by atoms with Crippen LogP contribution >= 0.6 is 0 Å². The molecule has 5 rings (SSSR count). The third kappa shape index (κ3) is 6.97. The molecule has 2 saturated heterocycles. The molecular formula is C31H38N4O6S2.